The highest BCUT2D eigenvalue weighted by atomic mass is 16.6. The van der Waals surface area contributed by atoms with E-state index in [1.165, 1.54) is 18.3 Å². The third-order valence-corrected chi connectivity index (χ3v) is 2.30. The molecule has 0 spiro atoms. The number of furan rings is 1. The van der Waals surface area contributed by atoms with E-state index in [4.69, 9.17) is 4.42 Å². The molecule has 0 unspecified atom stereocenters. The highest BCUT2D eigenvalue weighted by molar-refractivity contribution is 5.84. The first-order valence-corrected chi connectivity index (χ1v) is 4.93. The average Bonchev–Trinajstić information content (AvgIpc) is 2.94. The molecule has 2 rings (SSSR count). The quantitative estimate of drug-likeness (QED) is 0.458. The minimum absolute atomic E-state index is 0.262. The Balaban J connectivity index is 2.54. The molecule has 0 fully saturated rings. The summed E-state index contributed by atoms with van der Waals surface area (Å²) in [5, 5.41) is 14.5. The number of aromatic nitrogens is 2. The zero-order valence-corrected chi connectivity index (χ0v) is 8.99. The monoisotopic (exact) mass is 235 g/mol. The van der Waals surface area contributed by atoms with Crippen molar-refractivity contribution in [2.45, 2.75) is 13.5 Å². The fraction of sp³-hybridized carbons (Fsp3) is 0.200. The molecule has 0 saturated heterocycles. The summed E-state index contributed by atoms with van der Waals surface area (Å²) in [7, 11) is 0. The predicted molar refractivity (Wildman–Crippen MR) is 57.6 cm³/mol. The number of rotatable bonds is 4. The zero-order valence-electron chi connectivity index (χ0n) is 8.99. The molecule has 7 heteroatoms. The van der Waals surface area contributed by atoms with Gasteiger partial charge in [0.25, 0.3) is 0 Å². The topological polar surface area (TPSA) is 91.2 Å². The Hall–Kier alpha value is -2.44. The SMILES string of the molecule is CCn1ncc(C=O)c1-c1ccc([N+](=O)[O-])o1. The molecule has 2 aromatic heterocycles. The van der Waals surface area contributed by atoms with Gasteiger partial charge < -0.3 is 4.42 Å². The summed E-state index contributed by atoms with van der Waals surface area (Å²) in [6, 6.07) is 2.70. The van der Waals surface area contributed by atoms with E-state index in [1.807, 2.05) is 6.92 Å². The van der Waals surface area contributed by atoms with Crippen LogP contribution < -0.4 is 0 Å². The normalized spacial score (nSPS) is 10.4. The molecular formula is C10H9N3O4. The number of nitro groups is 1. The first-order valence-electron chi connectivity index (χ1n) is 4.93. The maximum Gasteiger partial charge on any atom is 0.433 e. The number of carbonyl (C=O) groups excluding carboxylic acids is 1. The molecule has 2 heterocycles. The number of hydrogen-bond acceptors (Lipinski definition) is 5. The van der Waals surface area contributed by atoms with Crippen molar-refractivity contribution < 1.29 is 14.1 Å². The smallest absolute Gasteiger partial charge is 0.399 e. The Morgan fingerprint density at radius 1 is 1.59 bits per heavy atom. The van der Waals surface area contributed by atoms with E-state index in [2.05, 4.69) is 5.10 Å². The third-order valence-electron chi connectivity index (χ3n) is 2.30. The molecule has 17 heavy (non-hydrogen) atoms. The second-order valence-electron chi connectivity index (χ2n) is 3.28. The van der Waals surface area contributed by atoms with Crippen LogP contribution in [0, 0.1) is 10.1 Å². The van der Waals surface area contributed by atoms with Gasteiger partial charge in [0.1, 0.15) is 10.6 Å². The van der Waals surface area contributed by atoms with E-state index in [0.717, 1.165) is 0 Å². The molecule has 2 aromatic rings. The lowest BCUT2D eigenvalue weighted by Gasteiger charge is -2.01. The van der Waals surface area contributed by atoms with Gasteiger partial charge in [0, 0.05) is 6.54 Å². The van der Waals surface area contributed by atoms with Gasteiger partial charge in [-0.1, -0.05) is 0 Å². The van der Waals surface area contributed by atoms with Crippen LogP contribution in [0.5, 0.6) is 0 Å². The van der Waals surface area contributed by atoms with Gasteiger partial charge in [0.15, 0.2) is 12.0 Å². The zero-order chi connectivity index (χ0) is 12.4. The highest BCUT2D eigenvalue weighted by Crippen LogP contribution is 2.28. The average molecular weight is 235 g/mol. The summed E-state index contributed by atoms with van der Waals surface area (Å²) in [5.41, 5.74) is 0.798. The number of aryl methyl sites for hydroxylation is 1. The first kappa shape index (κ1) is 11.1. The minimum Gasteiger partial charge on any atom is -0.399 e. The lowest BCUT2D eigenvalue weighted by atomic mass is 10.2. The second kappa shape index (κ2) is 4.20. The standard InChI is InChI=1S/C10H9N3O4/c1-2-12-10(7(6-14)5-11-12)8-3-4-9(17-8)13(15)16/h3-6H,2H2,1H3. The van der Waals surface area contributed by atoms with Gasteiger partial charge in [-0.15, -0.1) is 0 Å². The molecule has 0 aliphatic heterocycles. The van der Waals surface area contributed by atoms with Crippen molar-refractivity contribution in [2.75, 3.05) is 0 Å². The fourth-order valence-electron chi connectivity index (χ4n) is 1.55. The van der Waals surface area contributed by atoms with Crippen LogP contribution in [0.2, 0.25) is 0 Å². The summed E-state index contributed by atoms with van der Waals surface area (Å²) in [4.78, 5) is 20.7. The minimum atomic E-state index is -0.628. The summed E-state index contributed by atoms with van der Waals surface area (Å²) in [5.74, 6) is -0.0983. The van der Waals surface area contributed by atoms with Crippen molar-refractivity contribution in [3.8, 4) is 11.5 Å². The Labute approximate surface area is 95.8 Å². The Kier molecular flexibility index (Phi) is 2.73. The summed E-state index contributed by atoms with van der Waals surface area (Å²) >= 11 is 0. The summed E-state index contributed by atoms with van der Waals surface area (Å²) < 4.78 is 6.60. The van der Waals surface area contributed by atoms with E-state index in [1.54, 1.807) is 4.68 Å². The second-order valence-corrected chi connectivity index (χ2v) is 3.28. The van der Waals surface area contributed by atoms with Crippen LogP contribution in [0.25, 0.3) is 11.5 Å². The van der Waals surface area contributed by atoms with Crippen molar-refractivity contribution in [1.29, 1.82) is 0 Å². The van der Waals surface area contributed by atoms with Gasteiger partial charge in [0.05, 0.1) is 17.8 Å². The molecule has 0 N–H and O–H groups in total. The van der Waals surface area contributed by atoms with Gasteiger partial charge in [-0.2, -0.15) is 5.10 Å². The van der Waals surface area contributed by atoms with E-state index >= 15 is 0 Å². The molecule has 0 aliphatic carbocycles. The van der Waals surface area contributed by atoms with Crippen molar-refractivity contribution in [2.24, 2.45) is 0 Å². The van der Waals surface area contributed by atoms with Gasteiger partial charge in [0.2, 0.25) is 0 Å². The lowest BCUT2D eigenvalue weighted by Crippen LogP contribution is -1.99. The van der Waals surface area contributed by atoms with Crippen molar-refractivity contribution in [3.63, 3.8) is 0 Å². The van der Waals surface area contributed by atoms with Gasteiger partial charge in [-0.05, 0) is 13.0 Å². The molecule has 0 radical (unpaired) electrons. The maximum atomic E-state index is 10.8. The van der Waals surface area contributed by atoms with Crippen LogP contribution >= 0.6 is 0 Å². The maximum absolute atomic E-state index is 10.8. The van der Waals surface area contributed by atoms with E-state index in [9.17, 15) is 14.9 Å². The number of aldehydes is 1. The number of carbonyl (C=O) groups is 1. The van der Waals surface area contributed by atoms with Gasteiger partial charge in [-0.3, -0.25) is 19.6 Å². The Morgan fingerprint density at radius 3 is 2.88 bits per heavy atom. The molecule has 0 aromatic carbocycles. The van der Waals surface area contributed by atoms with Crippen LogP contribution in [-0.4, -0.2) is 21.0 Å². The number of nitrogens with zero attached hydrogens (tertiary/aromatic N) is 3. The Morgan fingerprint density at radius 2 is 2.35 bits per heavy atom. The van der Waals surface area contributed by atoms with Gasteiger partial charge in [-0.25, -0.2) is 0 Å². The molecule has 88 valence electrons. The van der Waals surface area contributed by atoms with E-state index in [-0.39, 0.29) is 11.6 Å². The van der Waals surface area contributed by atoms with E-state index in [0.29, 0.717) is 24.1 Å². The molecule has 0 amide bonds. The van der Waals surface area contributed by atoms with Crippen molar-refractivity contribution >= 4 is 12.2 Å². The summed E-state index contributed by atoms with van der Waals surface area (Å²) in [6.07, 6.45) is 2.04. The Bertz CT molecular complexity index is 570. The molecule has 0 atom stereocenters. The largest absolute Gasteiger partial charge is 0.433 e. The highest BCUT2D eigenvalue weighted by Gasteiger charge is 2.19. The predicted octanol–water partition coefficient (Wildman–Crippen LogP) is 1.88. The first-order chi connectivity index (χ1) is 8.17. The lowest BCUT2D eigenvalue weighted by molar-refractivity contribution is -0.401. The summed E-state index contributed by atoms with van der Waals surface area (Å²) in [6.45, 7) is 2.39. The number of hydrogen-bond donors (Lipinski definition) is 0. The molecule has 0 saturated carbocycles. The molecule has 7 nitrogen and oxygen atoms in total. The van der Waals surface area contributed by atoms with Crippen LogP contribution in [0.4, 0.5) is 5.88 Å². The van der Waals surface area contributed by atoms with Crippen molar-refractivity contribution in [3.05, 3.63) is 34.0 Å². The van der Waals surface area contributed by atoms with E-state index < -0.39 is 4.92 Å². The molecular weight excluding hydrogens is 226 g/mol. The molecule has 0 aliphatic rings. The third kappa shape index (κ3) is 1.82. The van der Waals surface area contributed by atoms with Crippen molar-refractivity contribution in [1.82, 2.24) is 9.78 Å². The van der Waals surface area contributed by atoms with Crippen LogP contribution in [0.1, 0.15) is 17.3 Å². The van der Waals surface area contributed by atoms with Crippen LogP contribution in [-0.2, 0) is 6.54 Å². The van der Waals surface area contributed by atoms with Gasteiger partial charge >= 0.3 is 5.88 Å². The fourth-order valence-corrected chi connectivity index (χ4v) is 1.55. The van der Waals surface area contributed by atoms with Crippen LogP contribution in [0.3, 0.4) is 0 Å². The van der Waals surface area contributed by atoms with Crippen LogP contribution in [0.15, 0.2) is 22.7 Å². The molecule has 0 bridgehead atoms.